The van der Waals surface area contributed by atoms with Gasteiger partial charge in [0.25, 0.3) is 0 Å². The van der Waals surface area contributed by atoms with Gasteiger partial charge < -0.3 is 10.6 Å². The summed E-state index contributed by atoms with van der Waals surface area (Å²) >= 11 is 5.94. The molecular formula is C14H22ClN3. The molecule has 2 rings (SSSR count). The minimum absolute atomic E-state index is 0.415. The average molecular weight is 268 g/mol. The Bertz CT molecular complexity index is 379. The van der Waals surface area contributed by atoms with Crippen molar-refractivity contribution in [1.82, 2.24) is 4.90 Å². The first-order valence-corrected chi connectivity index (χ1v) is 6.92. The molecule has 1 aromatic rings. The number of halogens is 1. The van der Waals surface area contributed by atoms with E-state index in [0.29, 0.717) is 18.6 Å². The van der Waals surface area contributed by atoms with Crippen LogP contribution < -0.4 is 10.6 Å². The molecule has 2 N–H and O–H groups in total. The summed E-state index contributed by atoms with van der Waals surface area (Å²) in [7, 11) is 2.17. The van der Waals surface area contributed by atoms with Crippen LogP contribution in [0.5, 0.6) is 0 Å². The first-order valence-electron chi connectivity index (χ1n) is 6.54. The molecule has 100 valence electrons. The molecule has 2 unspecified atom stereocenters. The average Bonchev–Trinajstić information content (AvgIpc) is 2.52. The predicted octanol–water partition coefficient (Wildman–Crippen LogP) is 2.20. The quantitative estimate of drug-likeness (QED) is 0.892. The molecule has 1 saturated heterocycles. The van der Waals surface area contributed by atoms with E-state index in [1.165, 1.54) is 5.69 Å². The summed E-state index contributed by atoms with van der Waals surface area (Å²) in [6.45, 7) is 5.03. The molecule has 1 fully saturated rings. The molecule has 0 saturated carbocycles. The second kappa shape index (κ2) is 5.91. The van der Waals surface area contributed by atoms with E-state index in [1.54, 1.807) is 0 Å². The van der Waals surface area contributed by atoms with Crippen molar-refractivity contribution in [1.29, 1.82) is 0 Å². The monoisotopic (exact) mass is 267 g/mol. The zero-order valence-electron chi connectivity index (χ0n) is 11.1. The normalized spacial score (nSPS) is 26.1. The maximum Gasteiger partial charge on any atom is 0.0407 e. The van der Waals surface area contributed by atoms with Crippen LogP contribution in [-0.4, -0.2) is 43.7 Å². The number of hydrogen-bond acceptors (Lipinski definition) is 3. The maximum atomic E-state index is 5.94. The fourth-order valence-electron chi connectivity index (χ4n) is 2.51. The molecule has 0 bridgehead atoms. The second-order valence-corrected chi connectivity index (χ2v) is 5.55. The minimum atomic E-state index is 0.415. The number of nitrogens with zero attached hydrogens (tertiary/aromatic N) is 2. The standard InChI is InChI=1S/C14H22ClN3/c1-11-7-8-18(10-14(9-16)17(11)2)13-5-3-12(15)4-6-13/h3-6,11,14H,7-10,16H2,1-2H3. The van der Waals surface area contributed by atoms with Crippen molar-refractivity contribution >= 4 is 17.3 Å². The molecule has 2 atom stereocenters. The van der Waals surface area contributed by atoms with E-state index in [-0.39, 0.29) is 0 Å². The van der Waals surface area contributed by atoms with Gasteiger partial charge in [0.2, 0.25) is 0 Å². The molecule has 1 aromatic carbocycles. The Morgan fingerprint density at radius 1 is 1.33 bits per heavy atom. The number of hydrogen-bond donors (Lipinski definition) is 1. The van der Waals surface area contributed by atoms with Gasteiger partial charge >= 0.3 is 0 Å². The van der Waals surface area contributed by atoms with Gasteiger partial charge in [0.1, 0.15) is 0 Å². The van der Waals surface area contributed by atoms with Crippen LogP contribution in [0.25, 0.3) is 0 Å². The third kappa shape index (κ3) is 2.97. The zero-order chi connectivity index (χ0) is 13.1. The van der Waals surface area contributed by atoms with Crippen LogP contribution in [0.4, 0.5) is 5.69 Å². The van der Waals surface area contributed by atoms with Crippen molar-refractivity contribution < 1.29 is 0 Å². The van der Waals surface area contributed by atoms with Gasteiger partial charge in [0.15, 0.2) is 0 Å². The van der Waals surface area contributed by atoms with E-state index in [9.17, 15) is 0 Å². The Balaban J connectivity index is 2.16. The van der Waals surface area contributed by atoms with Gasteiger partial charge in [-0.15, -0.1) is 0 Å². The Hall–Kier alpha value is -0.770. The van der Waals surface area contributed by atoms with E-state index < -0.39 is 0 Å². The van der Waals surface area contributed by atoms with E-state index in [4.69, 9.17) is 17.3 Å². The number of nitrogens with two attached hydrogens (primary N) is 1. The summed E-state index contributed by atoms with van der Waals surface area (Å²) in [6, 6.07) is 9.07. The van der Waals surface area contributed by atoms with Crippen LogP contribution in [0.1, 0.15) is 13.3 Å². The third-order valence-electron chi connectivity index (χ3n) is 3.98. The fourth-order valence-corrected chi connectivity index (χ4v) is 2.63. The lowest BCUT2D eigenvalue weighted by Gasteiger charge is -2.31. The van der Waals surface area contributed by atoms with Crippen LogP contribution >= 0.6 is 11.6 Å². The lowest BCUT2D eigenvalue weighted by molar-refractivity contribution is 0.201. The molecule has 1 heterocycles. The number of anilines is 1. The molecular weight excluding hydrogens is 246 g/mol. The van der Waals surface area contributed by atoms with Crippen LogP contribution in [0.3, 0.4) is 0 Å². The Labute approximate surface area is 115 Å². The van der Waals surface area contributed by atoms with Gasteiger partial charge in [0, 0.05) is 42.4 Å². The van der Waals surface area contributed by atoms with Gasteiger partial charge in [-0.25, -0.2) is 0 Å². The van der Waals surface area contributed by atoms with Gasteiger partial charge in [-0.2, -0.15) is 0 Å². The topological polar surface area (TPSA) is 32.5 Å². The summed E-state index contributed by atoms with van der Waals surface area (Å²) < 4.78 is 0. The summed E-state index contributed by atoms with van der Waals surface area (Å²) in [6.07, 6.45) is 1.16. The highest BCUT2D eigenvalue weighted by Gasteiger charge is 2.25. The summed E-state index contributed by atoms with van der Waals surface area (Å²) in [5.41, 5.74) is 7.14. The molecule has 3 nitrogen and oxygen atoms in total. The van der Waals surface area contributed by atoms with Crippen LogP contribution in [0, 0.1) is 0 Å². The summed E-state index contributed by atoms with van der Waals surface area (Å²) in [5, 5.41) is 0.787. The minimum Gasteiger partial charge on any atom is -0.370 e. The van der Waals surface area contributed by atoms with E-state index in [1.807, 2.05) is 12.1 Å². The molecule has 0 spiro atoms. The van der Waals surface area contributed by atoms with Crippen LogP contribution in [-0.2, 0) is 0 Å². The molecule has 4 heteroatoms. The number of likely N-dealkylation sites (N-methyl/N-ethyl adjacent to an activating group) is 1. The first-order chi connectivity index (χ1) is 8.61. The van der Waals surface area contributed by atoms with E-state index in [0.717, 1.165) is 24.5 Å². The highest BCUT2D eigenvalue weighted by molar-refractivity contribution is 6.30. The van der Waals surface area contributed by atoms with Gasteiger partial charge in [0.05, 0.1) is 0 Å². The lowest BCUT2D eigenvalue weighted by Crippen LogP contribution is -2.46. The van der Waals surface area contributed by atoms with Gasteiger partial charge in [-0.05, 0) is 44.7 Å². The smallest absolute Gasteiger partial charge is 0.0407 e. The molecule has 0 aromatic heterocycles. The molecule has 1 aliphatic heterocycles. The number of benzene rings is 1. The van der Waals surface area contributed by atoms with Crippen LogP contribution in [0.15, 0.2) is 24.3 Å². The molecule has 18 heavy (non-hydrogen) atoms. The maximum absolute atomic E-state index is 5.94. The second-order valence-electron chi connectivity index (χ2n) is 5.12. The molecule has 0 aliphatic carbocycles. The fraction of sp³-hybridized carbons (Fsp3) is 0.571. The molecule has 0 amide bonds. The van der Waals surface area contributed by atoms with Crippen molar-refractivity contribution in [2.24, 2.45) is 5.73 Å². The van der Waals surface area contributed by atoms with Crippen molar-refractivity contribution in [3.63, 3.8) is 0 Å². The molecule has 1 aliphatic rings. The van der Waals surface area contributed by atoms with E-state index in [2.05, 4.69) is 35.9 Å². The Kier molecular flexibility index (Phi) is 4.49. The lowest BCUT2D eigenvalue weighted by atomic mass is 10.2. The van der Waals surface area contributed by atoms with Crippen molar-refractivity contribution in [3.8, 4) is 0 Å². The van der Waals surface area contributed by atoms with Gasteiger partial charge in [-0.1, -0.05) is 11.6 Å². The summed E-state index contributed by atoms with van der Waals surface area (Å²) in [4.78, 5) is 4.81. The Morgan fingerprint density at radius 2 is 2.00 bits per heavy atom. The predicted molar refractivity (Wildman–Crippen MR) is 78.3 cm³/mol. The van der Waals surface area contributed by atoms with Crippen LogP contribution in [0.2, 0.25) is 5.02 Å². The summed E-state index contributed by atoms with van der Waals surface area (Å²) in [5.74, 6) is 0. The first kappa shape index (κ1) is 13.7. The highest BCUT2D eigenvalue weighted by Crippen LogP contribution is 2.22. The largest absolute Gasteiger partial charge is 0.370 e. The number of rotatable bonds is 2. The molecule has 0 radical (unpaired) electrons. The Morgan fingerprint density at radius 3 is 2.61 bits per heavy atom. The third-order valence-corrected chi connectivity index (χ3v) is 4.23. The van der Waals surface area contributed by atoms with Crippen molar-refractivity contribution in [2.75, 3.05) is 31.6 Å². The zero-order valence-corrected chi connectivity index (χ0v) is 11.9. The van der Waals surface area contributed by atoms with Crippen molar-refractivity contribution in [3.05, 3.63) is 29.3 Å². The van der Waals surface area contributed by atoms with Gasteiger partial charge in [-0.3, -0.25) is 4.90 Å². The highest BCUT2D eigenvalue weighted by atomic mass is 35.5. The SMILES string of the molecule is CC1CCN(c2ccc(Cl)cc2)CC(CN)N1C. The van der Waals surface area contributed by atoms with E-state index >= 15 is 0 Å². The van der Waals surface area contributed by atoms with Crippen molar-refractivity contribution in [2.45, 2.75) is 25.4 Å².